The Bertz CT molecular complexity index is 484. The van der Waals surface area contributed by atoms with E-state index in [0.717, 1.165) is 21.7 Å². The zero-order chi connectivity index (χ0) is 12.3. The van der Waals surface area contributed by atoms with Crippen LogP contribution in [0.15, 0.2) is 29.8 Å². The number of aliphatic hydroxyl groups is 1. The third-order valence-corrected chi connectivity index (χ3v) is 3.63. The molecule has 2 radical (unpaired) electrons. The van der Waals surface area contributed by atoms with Gasteiger partial charge in [-0.2, -0.15) is 0 Å². The van der Waals surface area contributed by atoms with E-state index in [-0.39, 0.29) is 12.6 Å². The van der Waals surface area contributed by atoms with Gasteiger partial charge in [0.1, 0.15) is 0 Å². The van der Waals surface area contributed by atoms with E-state index in [9.17, 15) is 0 Å². The number of benzene rings is 1. The number of nitrogens with zero attached hydrogens (tertiary/aromatic N) is 1. The van der Waals surface area contributed by atoms with Crippen molar-refractivity contribution in [2.75, 3.05) is 0 Å². The van der Waals surface area contributed by atoms with Gasteiger partial charge in [-0.1, -0.05) is 24.3 Å². The van der Waals surface area contributed by atoms with Crippen molar-refractivity contribution < 1.29 is 5.11 Å². The minimum absolute atomic E-state index is 0.0264. The molecule has 86 valence electrons. The van der Waals surface area contributed by atoms with Crippen molar-refractivity contribution in [1.82, 2.24) is 10.2 Å². The predicted molar refractivity (Wildman–Crippen MR) is 70.8 cm³/mol. The minimum Gasteiger partial charge on any atom is -0.390 e. The monoisotopic (exact) mass is 244 g/mol. The Morgan fingerprint density at radius 2 is 2.12 bits per heavy atom. The average Bonchev–Trinajstić information content (AvgIpc) is 2.86. The molecule has 1 aromatic heterocycles. The van der Waals surface area contributed by atoms with E-state index < -0.39 is 0 Å². The van der Waals surface area contributed by atoms with Crippen LogP contribution >= 0.6 is 11.3 Å². The summed E-state index contributed by atoms with van der Waals surface area (Å²) >= 11 is 1.54. The Kier molecular flexibility index (Phi) is 3.94. The summed E-state index contributed by atoms with van der Waals surface area (Å²) in [5, 5.41) is 11.9. The van der Waals surface area contributed by atoms with Crippen LogP contribution in [0.3, 0.4) is 0 Å². The van der Waals surface area contributed by atoms with E-state index in [1.54, 1.807) is 5.51 Å². The number of hydrogen-bond donors (Lipinski definition) is 2. The SMILES string of the molecule is [B]N[C@@H](C)c1ccc(-c2scnc2CO)cc1. The Morgan fingerprint density at radius 1 is 1.41 bits per heavy atom. The van der Waals surface area contributed by atoms with Crippen LogP contribution < -0.4 is 5.23 Å². The van der Waals surface area contributed by atoms with Crippen molar-refractivity contribution >= 4 is 19.3 Å². The fourth-order valence-electron chi connectivity index (χ4n) is 1.64. The zero-order valence-electron chi connectivity index (χ0n) is 9.55. The van der Waals surface area contributed by atoms with Crippen molar-refractivity contribution in [2.45, 2.75) is 19.6 Å². The molecular weight excluding hydrogens is 231 g/mol. The summed E-state index contributed by atoms with van der Waals surface area (Å²) in [4.78, 5) is 5.14. The fraction of sp³-hybridized carbons (Fsp3) is 0.250. The zero-order valence-corrected chi connectivity index (χ0v) is 10.4. The van der Waals surface area contributed by atoms with E-state index in [1.165, 1.54) is 11.3 Å². The third-order valence-electron chi connectivity index (χ3n) is 2.71. The van der Waals surface area contributed by atoms with Gasteiger partial charge in [0.15, 0.2) is 7.98 Å². The molecule has 0 unspecified atom stereocenters. The maximum absolute atomic E-state index is 9.17. The molecule has 0 saturated carbocycles. The van der Waals surface area contributed by atoms with Gasteiger partial charge in [-0.25, -0.2) is 4.98 Å². The molecule has 2 N–H and O–H groups in total. The maximum atomic E-state index is 9.17. The highest BCUT2D eigenvalue weighted by Gasteiger charge is 2.08. The van der Waals surface area contributed by atoms with Crippen LogP contribution in [-0.2, 0) is 6.61 Å². The molecule has 0 spiro atoms. The van der Waals surface area contributed by atoms with E-state index in [1.807, 2.05) is 31.2 Å². The molecule has 3 nitrogen and oxygen atoms in total. The number of aliphatic hydroxyl groups excluding tert-OH is 1. The van der Waals surface area contributed by atoms with Crippen molar-refractivity contribution in [2.24, 2.45) is 0 Å². The lowest BCUT2D eigenvalue weighted by Crippen LogP contribution is -2.13. The summed E-state index contributed by atoms with van der Waals surface area (Å²) in [6.45, 7) is 1.97. The highest BCUT2D eigenvalue weighted by atomic mass is 32.1. The smallest absolute Gasteiger partial charge is 0.178 e. The Hall–Kier alpha value is -1.17. The number of nitrogens with one attached hydrogen (secondary N) is 1. The molecule has 17 heavy (non-hydrogen) atoms. The van der Waals surface area contributed by atoms with Gasteiger partial charge in [-0.3, -0.25) is 0 Å². The molecule has 0 aliphatic heterocycles. The molecule has 0 aliphatic carbocycles. The first-order valence-electron chi connectivity index (χ1n) is 5.36. The first-order valence-corrected chi connectivity index (χ1v) is 6.24. The van der Waals surface area contributed by atoms with E-state index in [2.05, 4.69) is 10.2 Å². The molecule has 1 atom stereocenters. The van der Waals surface area contributed by atoms with Crippen molar-refractivity contribution in [3.05, 3.63) is 41.0 Å². The molecule has 2 rings (SSSR count). The summed E-state index contributed by atoms with van der Waals surface area (Å²) in [5.41, 5.74) is 4.68. The molecule has 1 heterocycles. The average molecular weight is 244 g/mol. The van der Waals surface area contributed by atoms with Crippen LogP contribution in [-0.4, -0.2) is 18.1 Å². The van der Waals surface area contributed by atoms with Crippen LogP contribution in [0.2, 0.25) is 0 Å². The molecule has 1 aromatic carbocycles. The maximum Gasteiger partial charge on any atom is 0.178 e. The second kappa shape index (κ2) is 5.45. The Labute approximate surface area is 106 Å². The standard InChI is InChI=1S/C12H13BN2OS/c1-8(15-13)9-2-4-10(5-3-9)12-11(6-16)14-7-17-12/h2-5,7-8,15-16H,6H2,1H3/t8-/m0/s1. The predicted octanol–water partition coefficient (Wildman–Crippen LogP) is 2.04. The van der Waals surface area contributed by atoms with Gasteiger partial charge < -0.3 is 10.3 Å². The van der Waals surface area contributed by atoms with E-state index in [4.69, 9.17) is 13.1 Å². The minimum atomic E-state index is -0.0264. The van der Waals surface area contributed by atoms with Gasteiger partial charge in [0.25, 0.3) is 0 Å². The van der Waals surface area contributed by atoms with Crippen molar-refractivity contribution in [3.8, 4) is 10.4 Å². The highest BCUT2D eigenvalue weighted by molar-refractivity contribution is 7.13. The Balaban J connectivity index is 2.29. The lowest BCUT2D eigenvalue weighted by atomic mass is 10.0. The third kappa shape index (κ3) is 2.57. The quantitative estimate of drug-likeness (QED) is 0.809. The molecule has 0 fully saturated rings. The van der Waals surface area contributed by atoms with Crippen molar-refractivity contribution in [1.29, 1.82) is 0 Å². The van der Waals surface area contributed by atoms with Gasteiger partial charge >= 0.3 is 0 Å². The summed E-state index contributed by atoms with van der Waals surface area (Å²) in [6.07, 6.45) is 0. The lowest BCUT2D eigenvalue weighted by Gasteiger charge is -2.11. The number of aromatic nitrogens is 1. The van der Waals surface area contributed by atoms with Crippen molar-refractivity contribution in [3.63, 3.8) is 0 Å². The summed E-state index contributed by atoms with van der Waals surface area (Å²) in [5.74, 6) is 0. The first kappa shape index (κ1) is 12.3. The molecule has 0 saturated heterocycles. The van der Waals surface area contributed by atoms with Gasteiger partial charge in [-0.15, -0.1) is 11.3 Å². The van der Waals surface area contributed by atoms with Crippen LogP contribution in [0.5, 0.6) is 0 Å². The lowest BCUT2D eigenvalue weighted by molar-refractivity contribution is 0.278. The van der Waals surface area contributed by atoms with E-state index >= 15 is 0 Å². The van der Waals surface area contributed by atoms with Crippen LogP contribution in [0, 0.1) is 0 Å². The van der Waals surface area contributed by atoms with Gasteiger partial charge in [0, 0.05) is 6.04 Å². The second-order valence-corrected chi connectivity index (χ2v) is 4.65. The topological polar surface area (TPSA) is 45.2 Å². The van der Waals surface area contributed by atoms with Crippen LogP contribution in [0.4, 0.5) is 0 Å². The van der Waals surface area contributed by atoms with Crippen LogP contribution in [0.25, 0.3) is 10.4 Å². The largest absolute Gasteiger partial charge is 0.390 e. The van der Waals surface area contributed by atoms with Gasteiger partial charge in [0.2, 0.25) is 0 Å². The second-order valence-electron chi connectivity index (χ2n) is 3.80. The molecule has 2 aromatic rings. The fourth-order valence-corrected chi connectivity index (χ4v) is 2.45. The molecule has 0 amide bonds. The summed E-state index contributed by atoms with van der Waals surface area (Å²) in [6, 6.07) is 8.23. The van der Waals surface area contributed by atoms with Gasteiger partial charge in [0.05, 0.1) is 22.7 Å². The molecule has 0 aliphatic rings. The molecule has 0 bridgehead atoms. The summed E-state index contributed by atoms with van der Waals surface area (Å²) < 4.78 is 0. The Morgan fingerprint density at radius 3 is 2.71 bits per heavy atom. The van der Waals surface area contributed by atoms with Crippen LogP contribution in [0.1, 0.15) is 24.2 Å². The van der Waals surface area contributed by atoms with Gasteiger partial charge in [-0.05, 0) is 18.1 Å². The first-order chi connectivity index (χ1) is 8.26. The normalized spacial score (nSPS) is 12.6. The number of rotatable bonds is 4. The highest BCUT2D eigenvalue weighted by Crippen LogP contribution is 2.28. The number of thiazole rings is 1. The number of hydrogen-bond acceptors (Lipinski definition) is 4. The van der Waals surface area contributed by atoms with E-state index in [0.29, 0.717) is 0 Å². The summed E-state index contributed by atoms with van der Waals surface area (Å²) in [7, 11) is 5.39. The molecular formula is C12H13BN2OS. The molecule has 5 heteroatoms.